The predicted octanol–water partition coefficient (Wildman–Crippen LogP) is 4.70. The molecule has 0 unspecified atom stereocenters. The number of rotatable bonds is 5. The third-order valence-corrected chi connectivity index (χ3v) is 5.07. The molecule has 4 rings (SSSR count). The Morgan fingerprint density at radius 3 is 2.03 bits per heavy atom. The number of carboxylic acids is 1. The summed E-state index contributed by atoms with van der Waals surface area (Å²) in [5.74, 6) is -4.03. The van der Waals surface area contributed by atoms with Crippen LogP contribution in [0.2, 0.25) is 0 Å². The Morgan fingerprint density at radius 1 is 0.867 bits per heavy atom. The van der Waals surface area contributed by atoms with Crippen LogP contribution in [0.4, 0.5) is 8.78 Å². The first-order valence-electron chi connectivity index (χ1n) is 9.32. The highest BCUT2D eigenvalue weighted by atomic mass is 19.1. The van der Waals surface area contributed by atoms with Gasteiger partial charge < -0.3 is 10.4 Å². The van der Waals surface area contributed by atoms with Gasteiger partial charge in [0, 0.05) is 12.5 Å². The molecule has 0 heterocycles. The summed E-state index contributed by atoms with van der Waals surface area (Å²) in [7, 11) is 0. The normalized spacial score (nSPS) is 12.1. The number of aliphatic carboxylic acids is 1. The van der Waals surface area contributed by atoms with Gasteiger partial charge in [0.25, 0.3) is 5.91 Å². The molecule has 0 aromatic heterocycles. The van der Waals surface area contributed by atoms with E-state index in [1.807, 2.05) is 54.6 Å². The van der Waals surface area contributed by atoms with Crippen molar-refractivity contribution in [3.05, 3.63) is 95.6 Å². The van der Waals surface area contributed by atoms with E-state index in [4.69, 9.17) is 0 Å². The van der Waals surface area contributed by atoms with Crippen LogP contribution in [0.5, 0.6) is 0 Å². The van der Waals surface area contributed by atoms with Crippen molar-refractivity contribution >= 4 is 33.4 Å². The molecule has 0 bridgehead atoms. The summed E-state index contributed by atoms with van der Waals surface area (Å²) < 4.78 is 27.1. The predicted molar refractivity (Wildman–Crippen MR) is 110 cm³/mol. The van der Waals surface area contributed by atoms with E-state index < -0.39 is 35.1 Å². The molecule has 0 radical (unpaired) electrons. The first-order valence-corrected chi connectivity index (χ1v) is 9.32. The first kappa shape index (κ1) is 19.5. The molecule has 0 aliphatic rings. The topological polar surface area (TPSA) is 66.4 Å². The SMILES string of the molecule is O=C(N[C@@H](Cc1c2ccccc2cc2ccccc12)C(=O)O)c1ccc(F)cc1F. The third kappa shape index (κ3) is 3.72. The Labute approximate surface area is 170 Å². The van der Waals surface area contributed by atoms with Crippen LogP contribution in [0, 0.1) is 11.6 Å². The number of hydrogen-bond acceptors (Lipinski definition) is 2. The fourth-order valence-electron chi connectivity index (χ4n) is 3.64. The van der Waals surface area contributed by atoms with E-state index in [9.17, 15) is 23.5 Å². The maximum Gasteiger partial charge on any atom is 0.326 e. The second-order valence-corrected chi connectivity index (χ2v) is 6.99. The van der Waals surface area contributed by atoms with Crippen LogP contribution < -0.4 is 5.32 Å². The quantitative estimate of drug-likeness (QED) is 0.473. The second kappa shape index (κ2) is 7.91. The Balaban J connectivity index is 1.74. The molecule has 1 atom stereocenters. The summed E-state index contributed by atoms with van der Waals surface area (Å²) in [6.07, 6.45) is 0.00571. The first-order chi connectivity index (χ1) is 14.4. The Morgan fingerprint density at radius 2 is 1.47 bits per heavy atom. The van der Waals surface area contributed by atoms with Gasteiger partial charge in [0.1, 0.15) is 17.7 Å². The zero-order valence-corrected chi connectivity index (χ0v) is 15.7. The number of carboxylic acid groups (broad SMARTS) is 1. The summed E-state index contributed by atoms with van der Waals surface area (Å²) in [5, 5.41) is 15.7. The van der Waals surface area contributed by atoms with E-state index in [0.29, 0.717) is 6.07 Å². The highest BCUT2D eigenvalue weighted by molar-refractivity contribution is 6.03. The molecule has 0 saturated heterocycles. The highest BCUT2D eigenvalue weighted by Gasteiger charge is 2.24. The molecule has 0 aliphatic heterocycles. The van der Waals surface area contributed by atoms with Crippen molar-refractivity contribution in [1.29, 1.82) is 0 Å². The minimum absolute atomic E-state index is 0.00571. The average molecular weight is 405 g/mol. The number of carbonyl (C=O) groups is 2. The lowest BCUT2D eigenvalue weighted by molar-refractivity contribution is -0.139. The zero-order valence-electron chi connectivity index (χ0n) is 15.7. The fourth-order valence-corrected chi connectivity index (χ4v) is 3.64. The monoisotopic (exact) mass is 405 g/mol. The molecular formula is C24H17F2NO3. The molecule has 2 N–H and O–H groups in total. The molecule has 4 nitrogen and oxygen atoms in total. The van der Waals surface area contributed by atoms with E-state index in [1.165, 1.54) is 0 Å². The van der Waals surface area contributed by atoms with E-state index in [-0.39, 0.29) is 6.42 Å². The van der Waals surface area contributed by atoms with Crippen molar-refractivity contribution in [1.82, 2.24) is 5.32 Å². The Kier molecular flexibility index (Phi) is 5.14. The van der Waals surface area contributed by atoms with Crippen molar-refractivity contribution in [3.63, 3.8) is 0 Å². The summed E-state index contributed by atoms with van der Waals surface area (Å²) in [6.45, 7) is 0. The van der Waals surface area contributed by atoms with E-state index in [0.717, 1.165) is 39.2 Å². The highest BCUT2D eigenvalue weighted by Crippen LogP contribution is 2.29. The fraction of sp³-hybridized carbons (Fsp3) is 0.0833. The number of fused-ring (bicyclic) bond motifs is 2. The number of benzene rings is 4. The van der Waals surface area contributed by atoms with Crippen molar-refractivity contribution in [3.8, 4) is 0 Å². The number of carbonyl (C=O) groups excluding carboxylic acids is 1. The van der Waals surface area contributed by atoms with Crippen LogP contribution in [0.25, 0.3) is 21.5 Å². The molecule has 4 aromatic carbocycles. The molecular weight excluding hydrogens is 388 g/mol. The van der Waals surface area contributed by atoms with E-state index >= 15 is 0 Å². The Bertz CT molecular complexity index is 1230. The van der Waals surface area contributed by atoms with Gasteiger partial charge in [-0.05, 0) is 45.3 Å². The van der Waals surface area contributed by atoms with Crippen LogP contribution in [0.15, 0.2) is 72.8 Å². The summed E-state index contributed by atoms with van der Waals surface area (Å²) in [6, 6.07) is 18.5. The lowest BCUT2D eigenvalue weighted by Crippen LogP contribution is -2.42. The maximum absolute atomic E-state index is 13.9. The molecule has 0 aliphatic carbocycles. The van der Waals surface area contributed by atoms with Gasteiger partial charge >= 0.3 is 5.97 Å². The zero-order chi connectivity index (χ0) is 21.3. The molecule has 4 aromatic rings. The standard InChI is InChI=1S/C24H17F2NO3/c25-16-9-10-19(21(26)12-16)23(28)27-22(24(29)30)13-20-17-7-3-1-5-14(17)11-15-6-2-4-8-18(15)20/h1-12,22H,13H2,(H,27,28)(H,29,30)/t22-/m0/s1. The molecule has 1 amide bonds. The van der Waals surface area contributed by atoms with Gasteiger partial charge in [0.05, 0.1) is 5.56 Å². The summed E-state index contributed by atoms with van der Waals surface area (Å²) in [5.41, 5.74) is 0.362. The lowest BCUT2D eigenvalue weighted by Gasteiger charge is -2.18. The van der Waals surface area contributed by atoms with Crippen LogP contribution >= 0.6 is 0 Å². The smallest absolute Gasteiger partial charge is 0.326 e. The van der Waals surface area contributed by atoms with Crippen LogP contribution in [-0.4, -0.2) is 23.0 Å². The summed E-state index contributed by atoms with van der Waals surface area (Å²) >= 11 is 0. The van der Waals surface area contributed by atoms with Gasteiger partial charge in [-0.1, -0.05) is 48.5 Å². The van der Waals surface area contributed by atoms with Crippen molar-refractivity contribution in [2.45, 2.75) is 12.5 Å². The summed E-state index contributed by atoms with van der Waals surface area (Å²) in [4.78, 5) is 24.4. The average Bonchev–Trinajstić information content (AvgIpc) is 2.72. The van der Waals surface area contributed by atoms with Crippen molar-refractivity contribution in [2.24, 2.45) is 0 Å². The van der Waals surface area contributed by atoms with Gasteiger partial charge in [0.15, 0.2) is 0 Å². The van der Waals surface area contributed by atoms with Crippen LogP contribution in [0.3, 0.4) is 0 Å². The molecule has 150 valence electrons. The maximum atomic E-state index is 13.9. The van der Waals surface area contributed by atoms with Crippen molar-refractivity contribution in [2.75, 3.05) is 0 Å². The van der Waals surface area contributed by atoms with Gasteiger partial charge in [-0.15, -0.1) is 0 Å². The van der Waals surface area contributed by atoms with Gasteiger partial charge in [-0.25, -0.2) is 13.6 Å². The number of halogens is 2. The Hall–Kier alpha value is -3.80. The van der Waals surface area contributed by atoms with E-state index in [1.54, 1.807) is 0 Å². The molecule has 0 spiro atoms. The second-order valence-electron chi connectivity index (χ2n) is 6.99. The van der Waals surface area contributed by atoms with Crippen LogP contribution in [-0.2, 0) is 11.2 Å². The molecule has 30 heavy (non-hydrogen) atoms. The number of hydrogen-bond donors (Lipinski definition) is 2. The van der Waals surface area contributed by atoms with E-state index in [2.05, 4.69) is 5.32 Å². The van der Waals surface area contributed by atoms with Crippen LogP contribution in [0.1, 0.15) is 15.9 Å². The largest absolute Gasteiger partial charge is 0.480 e. The molecule has 0 saturated carbocycles. The van der Waals surface area contributed by atoms with Gasteiger partial charge in [-0.2, -0.15) is 0 Å². The van der Waals surface area contributed by atoms with Gasteiger partial charge in [-0.3, -0.25) is 4.79 Å². The lowest BCUT2D eigenvalue weighted by atomic mass is 9.92. The van der Waals surface area contributed by atoms with Gasteiger partial charge in [0.2, 0.25) is 0 Å². The molecule has 6 heteroatoms. The minimum atomic E-state index is -1.30. The number of nitrogens with one attached hydrogen (secondary N) is 1. The third-order valence-electron chi connectivity index (χ3n) is 5.07. The minimum Gasteiger partial charge on any atom is -0.480 e. The number of amides is 1. The van der Waals surface area contributed by atoms with Crippen molar-refractivity contribution < 1.29 is 23.5 Å². The molecule has 0 fully saturated rings.